The van der Waals surface area contributed by atoms with Crippen molar-refractivity contribution in [1.29, 1.82) is 0 Å². The molecule has 6 nitrogen and oxygen atoms in total. The smallest absolute Gasteiger partial charge is 0.322 e. The van der Waals surface area contributed by atoms with Crippen molar-refractivity contribution in [2.24, 2.45) is 0 Å². The van der Waals surface area contributed by atoms with Gasteiger partial charge < -0.3 is 19.5 Å². The minimum atomic E-state index is -0.352. The minimum Gasteiger partial charge on any atom is -0.467 e. The van der Waals surface area contributed by atoms with Gasteiger partial charge in [-0.25, -0.2) is 4.79 Å². The molecule has 1 aromatic heterocycles. The van der Waals surface area contributed by atoms with Crippen LogP contribution in [0.2, 0.25) is 0 Å². The van der Waals surface area contributed by atoms with Crippen molar-refractivity contribution < 1.29 is 14.0 Å². The highest BCUT2D eigenvalue weighted by Crippen LogP contribution is 2.13. The second-order valence-corrected chi connectivity index (χ2v) is 7.28. The number of anilines is 1. The Labute approximate surface area is 182 Å². The van der Waals surface area contributed by atoms with Crippen LogP contribution in [0.15, 0.2) is 90.1 Å². The lowest BCUT2D eigenvalue weighted by Crippen LogP contribution is -2.44. The minimum absolute atomic E-state index is 0.0722. The third kappa shape index (κ3) is 6.60. The van der Waals surface area contributed by atoms with Gasteiger partial charge in [0, 0.05) is 18.8 Å². The van der Waals surface area contributed by atoms with Gasteiger partial charge in [0.1, 0.15) is 12.3 Å². The topological polar surface area (TPSA) is 65.8 Å². The maximum atomic E-state index is 13.2. The molecule has 0 radical (unpaired) electrons. The van der Waals surface area contributed by atoms with Crippen LogP contribution in [0.4, 0.5) is 10.5 Å². The van der Waals surface area contributed by atoms with E-state index >= 15 is 0 Å². The largest absolute Gasteiger partial charge is 0.467 e. The van der Waals surface area contributed by atoms with E-state index in [0.717, 1.165) is 11.1 Å². The van der Waals surface area contributed by atoms with E-state index in [-0.39, 0.29) is 25.0 Å². The van der Waals surface area contributed by atoms with E-state index in [4.69, 9.17) is 4.42 Å². The SMILES string of the molecule is C=CCN(CC(=O)N(Cc1ccccc1)Cc1ccco1)C(=O)Nc1ccc(C)cc1. The summed E-state index contributed by atoms with van der Waals surface area (Å²) >= 11 is 0. The molecule has 160 valence electrons. The zero-order valence-electron chi connectivity index (χ0n) is 17.7. The summed E-state index contributed by atoms with van der Waals surface area (Å²) in [7, 11) is 0. The Hall–Kier alpha value is -3.80. The molecule has 0 spiro atoms. The second-order valence-electron chi connectivity index (χ2n) is 7.28. The maximum Gasteiger partial charge on any atom is 0.322 e. The molecule has 0 bridgehead atoms. The predicted octanol–water partition coefficient (Wildman–Crippen LogP) is 4.84. The number of benzene rings is 2. The Morgan fingerprint density at radius 3 is 2.35 bits per heavy atom. The van der Waals surface area contributed by atoms with Crippen molar-refractivity contribution in [3.8, 4) is 0 Å². The number of hydrogen-bond acceptors (Lipinski definition) is 3. The van der Waals surface area contributed by atoms with E-state index in [0.29, 0.717) is 24.5 Å². The summed E-state index contributed by atoms with van der Waals surface area (Å²) in [6.07, 6.45) is 3.19. The summed E-state index contributed by atoms with van der Waals surface area (Å²) in [6.45, 7) is 6.62. The molecule has 2 aromatic carbocycles. The van der Waals surface area contributed by atoms with Crippen molar-refractivity contribution >= 4 is 17.6 Å². The lowest BCUT2D eigenvalue weighted by Gasteiger charge is -2.27. The van der Waals surface area contributed by atoms with Crippen LogP contribution >= 0.6 is 0 Å². The zero-order valence-corrected chi connectivity index (χ0v) is 17.7. The number of hydrogen-bond donors (Lipinski definition) is 1. The average molecular weight is 418 g/mol. The van der Waals surface area contributed by atoms with Crippen molar-refractivity contribution in [3.63, 3.8) is 0 Å². The maximum absolute atomic E-state index is 13.2. The number of amides is 3. The highest BCUT2D eigenvalue weighted by molar-refractivity contribution is 5.92. The molecule has 0 aliphatic rings. The summed E-state index contributed by atoms with van der Waals surface area (Å²) in [5.74, 6) is 0.504. The molecule has 3 amide bonds. The first kappa shape index (κ1) is 21.9. The van der Waals surface area contributed by atoms with Crippen molar-refractivity contribution in [2.75, 3.05) is 18.4 Å². The van der Waals surface area contributed by atoms with E-state index in [2.05, 4.69) is 11.9 Å². The lowest BCUT2D eigenvalue weighted by molar-refractivity contribution is -0.133. The number of furan rings is 1. The van der Waals surface area contributed by atoms with E-state index < -0.39 is 0 Å². The third-order valence-electron chi connectivity index (χ3n) is 4.76. The molecule has 6 heteroatoms. The van der Waals surface area contributed by atoms with Crippen LogP contribution in [0.5, 0.6) is 0 Å². The number of urea groups is 1. The molecule has 0 atom stereocenters. The molecule has 1 N–H and O–H groups in total. The van der Waals surface area contributed by atoms with Gasteiger partial charge in [0.2, 0.25) is 5.91 Å². The Bertz CT molecular complexity index is 983. The van der Waals surface area contributed by atoms with Crippen molar-refractivity contribution in [2.45, 2.75) is 20.0 Å². The molecule has 31 heavy (non-hydrogen) atoms. The van der Waals surface area contributed by atoms with Gasteiger partial charge in [-0.1, -0.05) is 54.1 Å². The standard InChI is InChI=1S/C25H27N3O3/c1-3-15-27(25(30)26-22-13-11-20(2)12-14-22)19-24(29)28(18-23-10-7-16-31-23)17-21-8-5-4-6-9-21/h3-14,16H,1,15,17-19H2,2H3,(H,26,30). The molecule has 1 heterocycles. The Kier molecular flexibility index (Phi) is 7.65. The monoisotopic (exact) mass is 417 g/mol. The summed E-state index contributed by atoms with van der Waals surface area (Å²) in [4.78, 5) is 29.1. The summed E-state index contributed by atoms with van der Waals surface area (Å²) in [5.41, 5.74) is 2.78. The Morgan fingerprint density at radius 2 is 1.71 bits per heavy atom. The first-order valence-electron chi connectivity index (χ1n) is 10.1. The fraction of sp³-hybridized carbons (Fsp3) is 0.200. The highest BCUT2D eigenvalue weighted by atomic mass is 16.3. The molecule has 0 unspecified atom stereocenters. The number of aryl methyl sites for hydroxylation is 1. The first-order chi connectivity index (χ1) is 15.0. The molecule has 0 aliphatic heterocycles. The molecule has 3 aromatic rings. The van der Waals surface area contributed by atoms with Crippen LogP contribution in [0, 0.1) is 6.92 Å². The fourth-order valence-electron chi connectivity index (χ4n) is 3.10. The molecule has 0 saturated carbocycles. The summed E-state index contributed by atoms with van der Waals surface area (Å²) in [6, 6.07) is 20.5. The van der Waals surface area contributed by atoms with Gasteiger partial charge in [-0.15, -0.1) is 6.58 Å². The number of rotatable bonds is 9. The van der Waals surface area contributed by atoms with E-state index in [1.54, 1.807) is 23.3 Å². The number of nitrogens with zero attached hydrogens (tertiary/aromatic N) is 2. The van der Waals surface area contributed by atoms with Crippen molar-refractivity contribution in [1.82, 2.24) is 9.80 Å². The van der Waals surface area contributed by atoms with Gasteiger partial charge >= 0.3 is 6.03 Å². The van der Waals surface area contributed by atoms with E-state index in [9.17, 15) is 9.59 Å². The van der Waals surface area contributed by atoms with Crippen LogP contribution in [0.3, 0.4) is 0 Å². The van der Waals surface area contributed by atoms with Gasteiger partial charge in [0.25, 0.3) is 0 Å². The fourth-order valence-corrected chi connectivity index (χ4v) is 3.10. The Balaban J connectivity index is 1.71. The van der Waals surface area contributed by atoms with Crippen LogP contribution in [0.1, 0.15) is 16.9 Å². The quantitative estimate of drug-likeness (QED) is 0.507. The van der Waals surface area contributed by atoms with Crippen LogP contribution in [0.25, 0.3) is 0 Å². The molecule has 0 fully saturated rings. The van der Waals surface area contributed by atoms with Gasteiger partial charge in [0.15, 0.2) is 0 Å². The average Bonchev–Trinajstić information content (AvgIpc) is 3.28. The molecular formula is C25H27N3O3. The summed E-state index contributed by atoms with van der Waals surface area (Å²) in [5, 5.41) is 2.84. The number of carbonyl (C=O) groups is 2. The second kappa shape index (κ2) is 10.8. The molecule has 0 aliphatic carbocycles. The van der Waals surface area contributed by atoms with E-state index in [1.807, 2.05) is 67.6 Å². The first-order valence-corrected chi connectivity index (χ1v) is 10.1. The van der Waals surface area contributed by atoms with Crippen LogP contribution in [-0.2, 0) is 17.9 Å². The molecule has 3 rings (SSSR count). The molecule has 0 saturated heterocycles. The zero-order chi connectivity index (χ0) is 22.1. The number of carbonyl (C=O) groups excluding carboxylic acids is 2. The highest BCUT2D eigenvalue weighted by Gasteiger charge is 2.22. The van der Waals surface area contributed by atoms with Gasteiger partial charge in [-0.3, -0.25) is 4.79 Å². The van der Waals surface area contributed by atoms with Gasteiger partial charge in [0.05, 0.1) is 12.8 Å². The summed E-state index contributed by atoms with van der Waals surface area (Å²) < 4.78 is 5.44. The van der Waals surface area contributed by atoms with Crippen LogP contribution in [-0.4, -0.2) is 34.8 Å². The van der Waals surface area contributed by atoms with Gasteiger partial charge in [-0.05, 0) is 36.8 Å². The lowest BCUT2D eigenvalue weighted by atomic mass is 10.2. The van der Waals surface area contributed by atoms with E-state index in [1.165, 1.54) is 4.90 Å². The van der Waals surface area contributed by atoms with Crippen molar-refractivity contribution in [3.05, 3.63) is 103 Å². The Morgan fingerprint density at radius 1 is 0.968 bits per heavy atom. The number of nitrogens with one attached hydrogen (secondary N) is 1. The normalized spacial score (nSPS) is 10.4. The van der Waals surface area contributed by atoms with Gasteiger partial charge in [-0.2, -0.15) is 0 Å². The van der Waals surface area contributed by atoms with Crippen LogP contribution < -0.4 is 5.32 Å². The molecular weight excluding hydrogens is 390 g/mol. The predicted molar refractivity (Wildman–Crippen MR) is 121 cm³/mol. The third-order valence-corrected chi connectivity index (χ3v) is 4.76.